The molecule has 2 aliphatic heterocycles. The minimum atomic E-state index is -1.13. The Labute approximate surface area is 181 Å². The van der Waals surface area contributed by atoms with Crippen LogP contribution in [0.25, 0.3) is 0 Å². The number of rotatable bonds is 5. The van der Waals surface area contributed by atoms with E-state index in [1.165, 1.54) is 9.80 Å². The molecule has 31 heavy (non-hydrogen) atoms. The molecule has 2 fully saturated rings. The number of carbonyl (C=O) groups excluding carboxylic acids is 2. The van der Waals surface area contributed by atoms with Crippen LogP contribution in [-0.2, 0) is 9.59 Å². The second-order valence-electron chi connectivity index (χ2n) is 7.99. The third-order valence-electron chi connectivity index (χ3n) is 5.61. The van der Waals surface area contributed by atoms with Gasteiger partial charge in [0.1, 0.15) is 23.0 Å². The number of pyridine rings is 1. The van der Waals surface area contributed by atoms with E-state index in [2.05, 4.69) is 16.5 Å². The van der Waals surface area contributed by atoms with E-state index >= 15 is 0 Å². The second kappa shape index (κ2) is 9.41. The minimum Gasteiger partial charge on any atom is -0.353 e. The molecule has 0 aromatic carbocycles. The maximum atomic E-state index is 14.9. The van der Waals surface area contributed by atoms with Gasteiger partial charge >= 0.3 is 0 Å². The third-order valence-corrected chi connectivity index (χ3v) is 5.61. The van der Waals surface area contributed by atoms with Crippen molar-refractivity contribution in [3.05, 3.63) is 59.0 Å². The van der Waals surface area contributed by atoms with E-state index in [4.69, 9.17) is 0 Å². The van der Waals surface area contributed by atoms with Crippen LogP contribution in [0.1, 0.15) is 30.9 Å². The molecule has 0 N–H and O–H groups in total. The number of halogens is 2. The van der Waals surface area contributed by atoms with E-state index in [0.717, 1.165) is 23.0 Å². The van der Waals surface area contributed by atoms with Gasteiger partial charge in [0.25, 0.3) is 5.91 Å². The molecule has 166 valence electrons. The Morgan fingerprint density at radius 2 is 1.84 bits per heavy atom. The highest BCUT2D eigenvalue weighted by atomic mass is 19.1. The van der Waals surface area contributed by atoms with E-state index in [1.807, 2.05) is 19.9 Å². The van der Waals surface area contributed by atoms with Gasteiger partial charge in [0.05, 0.1) is 0 Å². The fraction of sp³-hybridized carbons (Fsp3) is 0.435. The predicted octanol–water partition coefficient (Wildman–Crippen LogP) is 3.58. The number of amides is 2. The first-order valence-corrected chi connectivity index (χ1v) is 10.4. The highest BCUT2D eigenvalue weighted by Crippen LogP contribution is 2.25. The van der Waals surface area contributed by atoms with Crippen LogP contribution in [0, 0.1) is 13.8 Å². The Morgan fingerprint density at radius 3 is 2.39 bits per heavy atom. The summed E-state index contributed by atoms with van der Waals surface area (Å²) in [6.45, 7) is 10.8. The number of aryl methyl sites for hydroxylation is 2. The van der Waals surface area contributed by atoms with Gasteiger partial charge in [-0.05, 0) is 44.4 Å². The third kappa shape index (κ3) is 5.00. The first-order chi connectivity index (χ1) is 14.7. The van der Waals surface area contributed by atoms with E-state index in [-0.39, 0.29) is 5.91 Å². The molecule has 3 rings (SSSR count). The standard InChI is InChI=1S/C23H28F2N4O2/c1-15-12-16(2)22(26-14-15)27-8-10-28(11-9-27)23(31)21(18(4)24)19(25)13-17(3)29-7-5-6-20(29)30/h12-14H,4-11H2,1-3H3/b17-13+,21-19-. The predicted molar refractivity (Wildman–Crippen MR) is 116 cm³/mol. The molecule has 0 spiro atoms. The van der Waals surface area contributed by atoms with Gasteiger partial charge in [0.2, 0.25) is 5.91 Å². The maximum Gasteiger partial charge on any atom is 0.259 e. The van der Waals surface area contributed by atoms with Gasteiger partial charge in [-0.2, -0.15) is 0 Å². The van der Waals surface area contributed by atoms with E-state index in [0.29, 0.717) is 51.3 Å². The molecule has 0 saturated carbocycles. The number of piperazine rings is 1. The largest absolute Gasteiger partial charge is 0.353 e. The summed E-state index contributed by atoms with van der Waals surface area (Å²) in [5.41, 5.74) is 1.77. The molecule has 1 aromatic heterocycles. The normalized spacial score (nSPS) is 18.4. The smallest absolute Gasteiger partial charge is 0.259 e. The Kier molecular flexibility index (Phi) is 6.87. The lowest BCUT2D eigenvalue weighted by molar-refractivity contribution is -0.127. The van der Waals surface area contributed by atoms with Crippen molar-refractivity contribution >= 4 is 17.6 Å². The van der Waals surface area contributed by atoms with E-state index in [9.17, 15) is 18.4 Å². The number of hydrogen-bond acceptors (Lipinski definition) is 4. The molecule has 0 unspecified atom stereocenters. The number of carbonyl (C=O) groups is 2. The van der Waals surface area contributed by atoms with Gasteiger partial charge in [-0.15, -0.1) is 0 Å². The zero-order chi connectivity index (χ0) is 22.7. The zero-order valence-electron chi connectivity index (χ0n) is 18.3. The van der Waals surface area contributed by atoms with Gasteiger partial charge in [-0.3, -0.25) is 9.59 Å². The van der Waals surface area contributed by atoms with Gasteiger partial charge < -0.3 is 14.7 Å². The van der Waals surface area contributed by atoms with Gasteiger partial charge in [0, 0.05) is 51.0 Å². The van der Waals surface area contributed by atoms with Crippen LogP contribution in [0.3, 0.4) is 0 Å². The summed E-state index contributed by atoms with van der Waals surface area (Å²) in [6, 6.07) is 2.04. The van der Waals surface area contributed by atoms with Crippen molar-refractivity contribution < 1.29 is 18.4 Å². The molecular weight excluding hydrogens is 402 g/mol. The number of likely N-dealkylation sites (tertiary alicyclic amines) is 1. The lowest BCUT2D eigenvalue weighted by atomic mass is 10.1. The summed E-state index contributed by atoms with van der Waals surface area (Å²) < 4.78 is 29.0. The summed E-state index contributed by atoms with van der Waals surface area (Å²) in [6.07, 6.45) is 3.92. The van der Waals surface area contributed by atoms with Crippen molar-refractivity contribution in [2.24, 2.45) is 0 Å². The van der Waals surface area contributed by atoms with Crippen LogP contribution >= 0.6 is 0 Å². The molecular formula is C23H28F2N4O2. The fourth-order valence-corrected chi connectivity index (χ4v) is 4.02. The molecule has 3 heterocycles. The number of nitrogens with zero attached hydrogens (tertiary/aromatic N) is 4. The molecule has 2 aliphatic rings. The van der Waals surface area contributed by atoms with Gasteiger partial charge in [0.15, 0.2) is 0 Å². The molecule has 0 radical (unpaired) electrons. The lowest BCUT2D eigenvalue weighted by Gasteiger charge is -2.36. The summed E-state index contributed by atoms with van der Waals surface area (Å²) in [5, 5.41) is 0. The molecule has 2 saturated heterocycles. The topological polar surface area (TPSA) is 56.8 Å². The highest BCUT2D eigenvalue weighted by molar-refractivity contribution is 5.98. The lowest BCUT2D eigenvalue weighted by Crippen LogP contribution is -2.49. The number of anilines is 1. The van der Waals surface area contributed by atoms with Crippen LogP contribution < -0.4 is 4.90 Å². The average molecular weight is 430 g/mol. The highest BCUT2D eigenvalue weighted by Gasteiger charge is 2.29. The SMILES string of the molecule is C=C(F)/C(C(=O)N1CCN(c2ncc(C)cc2C)CC1)=C(F)\C=C(/C)N1CCCC1=O. The molecule has 8 heteroatoms. The van der Waals surface area contributed by atoms with Crippen molar-refractivity contribution in [2.75, 3.05) is 37.6 Å². The van der Waals surface area contributed by atoms with E-state index < -0.39 is 23.1 Å². The Morgan fingerprint density at radius 1 is 1.16 bits per heavy atom. The molecule has 2 amide bonds. The molecule has 0 aliphatic carbocycles. The van der Waals surface area contributed by atoms with Crippen molar-refractivity contribution in [1.29, 1.82) is 0 Å². The van der Waals surface area contributed by atoms with Crippen LogP contribution in [0.15, 0.2) is 47.8 Å². The number of hydrogen-bond donors (Lipinski definition) is 0. The fourth-order valence-electron chi connectivity index (χ4n) is 4.02. The van der Waals surface area contributed by atoms with Crippen molar-refractivity contribution in [2.45, 2.75) is 33.6 Å². The average Bonchev–Trinajstić information content (AvgIpc) is 3.14. The Balaban J connectivity index is 1.74. The van der Waals surface area contributed by atoms with Crippen LogP contribution in [-0.4, -0.2) is 59.3 Å². The van der Waals surface area contributed by atoms with Gasteiger partial charge in [-0.25, -0.2) is 13.8 Å². The van der Waals surface area contributed by atoms with Gasteiger partial charge in [-0.1, -0.05) is 12.6 Å². The van der Waals surface area contributed by atoms with Crippen LogP contribution in [0.5, 0.6) is 0 Å². The minimum absolute atomic E-state index is 0.107. The number of allylic oxidation sites excluding steroid dienone is 3. The van der Waals surface area contributed by atoms with Crippen molar-refractivity contribution in [3.8, 4) is 0 Å². The molecule has 1 aromatic rings. The van der Waals surface area contributed by atoms with Crippen LogP contribution in [0.4, 0.5) is 14.6 Å². The molecule has 6 nitrogen and oxygen atoms in total. The van der Waals surface area contributed by atoms with E-state index in [1.54, 1.807) is 13.1 Å². The summed E-state index contributed by atoms with van der Waals surface area (Å²) in [4.78, 5) is 34.1. The van der Waals surface area contributed by atoms with Crippen molar-refractivity contribution in [1.82, 2.24) is 14.8 Å². The summed E-state index contributed by atoms with van der Waals surface area (Å²) in [5.74, 6) is -2.14. The second-order valence-corrected chi connectivity index (χ2v) is 7.99. The van der Waals surface area contributed by atoms with Crippen LogP contribution in [0.2, 0.25) is 0 Å². The maximum absolute atomic E-state index is 14.9. The monoisotopic (exact) mass is 430 g/mol. The first-order valence-electron chi connectivity index (χ1n) is 10.4. The summed E-state index contributed by atoms with van der Waals surface area (Å²) >= 11 is 0. The number of aromatic nitrogens is 1. The quantitative estimate of drug-likeness (QED) is 0.529. The Hall–Kier alpha value is -3.03. The van der Waals surface area contributed by atoms with Crippen molar-refractivity contribution in [3.63, 3.8) is 0 Å². The molecule has 0 bridgehead atoms. The zero-order valence-corrected chi connectivity index (χ0v) is 18.3. The summed E-state index contributed by atoms with van der Waals surface area (Å²) in [7, 11) is 0. The molecule has 0 atom stereocenters. The Bertz CT molecular complexity index is 962. The first kappa shape index (κ1) is 22.7.